The number of nitrogens with zero attached hydrogens (tertiary/aromatic N) is 1. The van der Waals surface area contributed by atoms with Gasteiger partial charge >= 0.3 is 0 Å². The molecule has 0 radical (unpaired) electrons. The molecule has 0 aliphatic carbocycles. The standard InChI is InChI=1S/C7H11N3O/c1-7(3-11-4-7)5-2-9-6(8)10-5/h2H,3-4H2,1H3,(H3,8,9,10). The molecule has 0 spiro atoms. The van der Waals surface area contributed by atoms with Gasteiger partial charge in [-0.05, 0) is 6.92 Å². The minimum absolute atomic E-state index is 0.116. The number of nitrogen functional groups attached to an aromatic ring is 1. The van der Waals surface area contributed by atoms with E-state index in [2.05, 4.69) is 16.9 Å². The predicted octanol–water partition coefficient (Wildman–Crippen LogP) is 0.280. The van der Waals surface area contributed by atoms with E-state index < -0.39 is 0 Å². The normalized spacial score (nSPS) is 21.2. The summed E-state index contributed by atoms with van der Waals surface area (Å²) in [6, 6.07) is 0. The number of ether oxygens (including phenoxy) is 1. The highest BCUT2D eigenvalue weighted by molar-refractivity contribution is 5.25. The van der Waals surface area contributed by atoms with Gasteiger partial charge < -0.3 is 15.5 Å². The molecule has 0 saturated carbocycles. The average Bonchev–Trinajstić information content (AvgIpc) is 2.31. The van der Waals surface area contributed by atoms with Crippen LogP contribution in [0, 0.1) is 0 Å². The van der Waals surface area contributed by atoms with Gasteiger partial charge in [0.15, 0.2) is 5.95 Å². The first-order valence-electron chi connectivity index (χ1n) is 3.59. The van der Waals surface area contributed by atoms with Crippen molar-refractivity contribution in [2.24, 2.45) is 0 Å². The van der Waals surface area contributed by atoms with E-state index in [4.69, 9.17) is 10.5 Å². The topological polar surface area (TPSA) is 63.9 Å². The van der Waals surface area contributed by atoms with Crippen molar-refractivity contribution in [3.05, 3.63) is 11.9 Å². The maximum atomic E-state index is 5.45. The van der Waals surface area contributed by atoms with Crippen LogP contribution in [0.3, 0.4) is 0 Å². The van der Waals surface area contributed by atoms with Crippen LogP contribution in [0.1, 0.15) is 12.6 Å². The molecule has 0 atom stereocenters. The SMILES string of the molecule is CC1(c2cnc(N)[nH]2)COC1. The first-order valence-corrected chi connectivity index (χ1v) is 3.59. The summed E-state index contributed by atoms with van der Waals surface area (Å²) < 4.78 is 5.11. The number of aromatic amines is 1. The van der Waals surface area contributed by atoms with Gasteiger partial charge in [0.1, 0.15) is 0 Å². The molecular weight excluding hydrogens is 142 g/mol. The lowest BCUT2D eigenvalue weighted by Crippen LogP contribution is -2.44. The molecule has 4 nitrogen and oxygen atoms in total. The molecule has 11 heavy (non-hydrogen) atoms. The smallest absolute Gasteiger partial charge is 0.197 e. The van der Waals surface area contributed by atoms with E-state index in [1.54, 1.807) is 6.20 Å². The maximum Gasteiger partial charge on any atom is 0.197 e. The molecule has 1 aromatic rings. The molecule has 0 bridgehead atoms. The van der Waals surface area contributed by atoms with E-state index in [1.165, 1.54) is 0 Å². The second-order valence-corrected chi connectivity index (χ2v) is 3.24. The zero-order chi connectivity index (χ0) is 7.90. The van der Waals surface area contributed by atoms with E-state index >= 15 is 0 Å². The van der Waals surface area contributed by atoms with E-state index in [0.717, 1.165) is 18.9 Å². The van der Waals surface area contributed by atoms with E-state index in [1.807, 2.05) is 0 Å². The van der Waals surface area contributed by atoms with Crippen LogP contribution < -0.4 is 5.73 Å². The molecule has 4 heteroatoms. The average molecular weight is 153 g/mol. The fourth-order valence-electron chi connectivity index (χ4n) is 1.21. The summed E-state index contributed by atoms with van der Waals surface area (Å²) in [6.45, 7) is 3.65. The monoisotopic (exact) mass is 153 g/mol. The lowest BCUT2D eigenvalue weighted by atomic mass is 9.85. The van der Waals surface area contributed by atoms with E-state index in [0.29, 0.717) is 5.95 Å². The number of hydrogen-bond acceptors (Lipinski definition) is 3. The Morgan fingerprint density at radius 3 is 2.82 bits per heavy atom. The minimum atomic E-state index is 0.116. The molecule has 0 unspecified atom stereocenters. The summed E-state index contributed by atoms with van der Waals surface area (Å²) in [7, 11) is 0. The number of rotatable bonds is 1. The van der Waals surface area contributed by atoms with Crippen LogP contribution >= 0.6 is 0 Å². The highest BCUT2D eigenvalue weighted by atomic mass is 16.5. The van der Waals surface area contributed by atoms with Crippen molar-refractivity contribution in [1.82, 2.24) is 9.97 Å². The number of aromatic nitrogens is 2. The summed E-state index contributed by atoms with van der Waals surface area (Å²) in [5, 5.41) is 0. The molecule has 1 aliphatic rings. The molecule has 60 valence electrons. The van der Waals surface area contributed by atoms with Crippen molar-refractivity contribution in [3.63, 3.8) is 0 Å². The second-order valence-electron chi connectivity index (χ2n) is 3.24. The Balaban J connectivity index is 2.28. The number of H-pyrrole nitrogens is 1. The molecule has 1 saturated heterocycles. The van der Waals surface area contributed by atoms with Gasteiger partial charge in [0.05, 0.1) is 24.8 Å². The maximum absolute atomic E-state index is 5.45. The lowest BCUT2D eigenvalue weighted by molar-refractivity contribution is -0.0518. The van der Waals surface area contributed by atoms with Gasteiger partial charge in [-0.3, -0.25) is 0 Å². The molecule has 1 fully saturated rings. The van der Waals surface area contributed by atoms with Crippen LogP contribution in [0.15, 0.2) is 6.20 Å². The molecule has 1 aliphatic heterocycles. The fraction of sp³-hybridized carbons (Fsp3) is 0.571. The van der Waals surface area contributed by atoms with E-state index in [9.17, 15) is 0 Å². The second kappa shape index (κ2) is 1.98. The fourth-order valence-corrected chi connectivity index (χ4v) is 1.21. The number of anilines is 1. The molecular formula is C7H11N3O. The zero-order valence-corrected chi connectivity index (χ0v) is 6.42. The van der Waals surface area contributed by atoms with Gasteiger partial charge in [0.25, 0.3) is 0 Å². The summed E-state index contributed by atoms with van der Waals surface area (Å²) in [5.41, 5.74) is 6.63. The van der Waals surface area contributed by atoms with Crippen molar-refractivity contribution in [1.29, 1.82) is 0 Å². The minimum Gasteiger partial charge on any atom is -0.379 e. The highest BCUT2D eigenvalue weighted by Gasteiger charge is 2.36. The Bertz CT molecular complexity index is 264. The van der Waals surface area contributed by atoms with Crippen molar-refractivity contribution < 1.29 is 4.74 Å². The first-order chi connectivity index (χ1) is 5.21. The molecule has 2 rings (SSSR count). The Hall–Kier alpha value is -1.03. The largest absolute Gasteiger partial charge is 0.379 e. The van der Waals surface area contributed by atoms with Crippen LogP contribution in [0.2, 0.25) is 0 Å². The Labute approximate surface area is 64.8 Å². The van der Waals surface area contributed by atoms with Gasteiger partial charge in [-0.2, -0.15) is 0 Å². The molecule has 0 amide bonds. The van der Waals surface area contributed by atoms with Gasteiger partial charge in [0.2, 0.25) is 0 Å². The molecule has 0 aromatic carbocycles. The van der Waals surface area contributed by atoms with Gasteiger partial charge in [-0.1, -0.05) is 0 Å². The summed E-state index contributed by atoms with van der Waals surface area (Å²) in [6.07, 6.45) is 1.78. The quantitative estimate of drug-likeness (QED) is 0.609. The van der Waals surface area contributed by atoms with Crippen LogP contribution in [-0.4, -0.2) is 23.2 Å². The Kier molecular flexibility index (Phi) is 1.20. The Morgan fingerprint density at radius 2 is 2.45 bits per heavy atom. The van der Waals surface area contributed by atoms with Crippen LogP contribution in [0.4, 0.5) is 5.95 Å². The third kappa shape index (κ3) is 0.903. The lowest BCUT2D eigenvalue weighted by Gasteiger charge is -2.36. The molecule has 2 heterocycles. The number of hydrogen-bond donors (Lipinski definition) is 2. The third-order valence-electron chi connectivity index (χ3n) is 2.09. The van der Waals surface area contributed by atoms with Gasteiger partial charge in [0, 0.05) is 5.69 Å². The highest BCUT2D eigenvalue weighted by Crippen LogP contribution is 2.30. The first kappa shape index (κ1) is 6.67. The number of nitrogens with one attached hydrogen (secondary N) is 1. The van der Waals surface area contributed by atoms with Crippen molar-refractivity contribution in [2.75, 3.05) is 18.9 Å². The van der Waals surface area contributed by atoms with Crippen LogP contribution in [0.25, 0.3) is 0 Å². The summed E-state index contributed by atoms with van der Waals surface area (Å²) >= 11 is 0. The number of imidazole rings is 1. The van der Waals surface area contributed by atoms with Crippen molar-refractivity contribution in [3.8, 4) is 0 Å². The Morgan fingerprint density at radius 1 is 1.73 bits per heavy atom. The van der Waals surface area contributed by atoms with E-state index in [-0.39, 0.29) is 5.41 Å². The van der Waals surface area contributed by atoms with Crippen LogP contribution in [-0.2, 0) is 10.2 Å². The van der Waals surface area contributed by atoms with Gasteiger partial charge in [-0.15, -0.1) is 0 Å². The van der Waals surface area contributed by atoms with Crippen molar-refractivity contribution >= 4 is 5.95 Å². The molecule has 3 N–H and O–H groups in total. The summed E-state index contributed by atoms with van der Waals surface area (Å²) in [5.74, 6) is 0.480. The predicted molar refractivity (Wildman–Crippen MR) is 41.2 cm³/mol. The molecule has 1 aromatic heterocycles. The zero-order valence-electron chi connectivity index (χ0n) is 6.42. The van der Waals surface area contributed by atoms with Crippen LogP contribution in [0.5, 0.6) is 0 Å². The van der Waals surface area contributed by atoms with Crippen molar-refractivity contribution in [2.45, 2.75) is 12.3 Å². The summed E-state index contributed by atoms with van der Waals surface area (Å²) in [4.78, 5) is 6.94. The third-order valence-corrected chi connectivity index (χ3v) is 2.09. The van der Waals surface area contributed by atoms with Gasteiger partial charge in [-0.25, -0.2) is 4.98 Å². The number of nitrogens with two attached hydrogens (primary N) is 1.